The maximum atomic E-state index is 12.5. The molecule has 1 heterocycles. The second-order valence-corrected chi connectivity index (χ2v) is 4.69. The highest BCUT2D eigenvalue weighted by Gasteiger charge is 2.25. The number of phenols is 2. The van der Waals surface area contributed by atoms with Crippen molar-refractivity contribution in [3.8, 4) is 11.5 Å². The molecule has 0 aliphatic rings. The van der Waals surface area contributed by atoms with Gasteiger partial charge in [0.25, 0.3) is 0 Å². The summed E-state index contributed by atoms with van der Waals surface area (Å²) in [5.74, 6) is -1.61. The molecule has 22 heavy (non-hydrogen) atoms. The molecule has 0 fully saturated rings. The third-order valence-corrected chi connectivity index (χ3v) is 3.42. The highest BCUT2D eigenvalue weighted by molar-refractivity contribution is 6.12. The second-order valence-electron chi connectivity index (χ2n) is 4.69. The maximum absolute atomic E-state index is 12.5. The zero-order chi connectivity index (χ0) is 16.3. The van der Waals surface area contributed by atoms with Crippen LogP contribution >= 0.6 is 0 Å². The number of ether oxygens (including phenoxy) is 1. The lowest BCUT2D eigenvalue weighted by Crippen LogP contribution is -2.13. The highest BCUT2D eigenvalue weighted by atomic mass is 16.5. The van der Waals surface area contributed by atoms with Gasteiger partial charge in [0, 0.05) is 6.07 Å². The minimum Gasteiger partial charge on any atom is -0.508 e. The summed E-state index contributed by atoms with van der Waals surface area (Å²) in [6.45, 7) is 1.78. The zero-order valence-corrected chi connectivity index (χ0v) is 12.3. The van der Waals surface area contributed by atoms with Crippen molar-refractivity contribution < 1.29 is 29.0 Å². The number of benzene rings is 1. The van der Waals surface area contributed by atoms with Crippen LogP contribution in [-0.4, -0.2) is 29.1 Å². The topological polar surface area (TPSA) is 97.0 Å². The van der Waals surface area contributed by atoms with Crippen molar-refractivity contribution in [1.82, 2.24) is 0 Å². The molecule has 2 rings (SSSR count). The summed E-state index contributed by atoms with van der Waals surface area (Å²) in [4.78, 5) is 24.2. The number of phenolic OH excluding ortho intramolecular Hbond substituents is 2. The molecular formula is C16H16O6. The lowest BCUT2D eigenvalue weighted by molar-refractivity contribution is -0.139. The predicted molar refractivity (Wildman–Crippen MR) is 77.0 cm³/mol. The fourth-order valence-corrected chi connectivity index (χ4v) is 2.35. The number of methoxy groups -OCH3 is 1. The van der Waals surface area contributed by atoms with Crippen LogP contribution in [0.3, 0.4) is 0 Å². The van der Waals surface area contributed by atoms with Crippen LogP contribution in [0, 0.1) is 0 Å². The van der Waals surface area contributed by atoms with Gasteiger partial charge in [0.05, 0.1) is 30.9 Å². The molecule has 0 saturated heterocycles. The molecule has 0 unspecified atom stereocenters. The van der Waals surface area contributed by atoms with Crippen molar-refractivity contribution in [1.29, 1.82) is 0 Å². The van der Waals surface area contributed by atoms with E-state index >= 15 is 0 Å². The number of hydrogen-bond donors (Lipinski definition) is 2. The summed E-state index contributed by atoms with van der Waals surface area (Å²) in [5, 5.41) is 20.0. The molecule has 1 aromatic carbocycles. The van der Waals surface area contributed by atoms with Crippen LogP contribution in [0.5, 0.6) is 11.5 Å². The number of carbonyl (C=O) groups excluding carboxylic acids is 2. The third kappa shape index (κ3) is 2.81. The van der Waals surface area contributed by atoms with Crippen molar-refractivity contribution in [3.63, 3.8) is 0 Å². The first-order chi connectivity index (χ1) is 10.5. The summed E-state index contributed by atoms with van der Waals surface area (Å²) in [7, 11) is 1.23. The summed E-state index contributed by atoms with van der Waals surface area (Å²) in [6, 6.07) is 2.56. The Kier molecular flexibility index (Phi) is 4.50. The standard InChI is InChI=1S/C16H16O6/c1-3-10-11(6-14(19)21-2)15(13(18)7-12(10)17)16(20)9-4-5-22-8-9/h4-5,7-8,17-18H,3,6H2,1-2H3. The number of furan rings is 1. The number of esters is 1. The number of ketones is 1. The Balaban J connectivity index is 2.65. The molecule has 0 spiro atoms. The van der Waals surface area contributed by atoms with Crippen molar-refractivity contribution in [2.75, 3.05) is 7.11 Å². The van der Waals surface area contributed by atoms with Gasteiger partial charge in [0.1, 0.15) is 17.8 Å². The quantitative estimate of drug-likeness (QED) is 0.649. The fraction of sp³-hybridized carbons (Fsp3) is 0.250. The van der Waals surface area contributed by atoms with Gasteiger partial charge in [-0.05, 0) is 23.6 Å². The largest absolute Gasteiger partial charge is 0.508 e. The van der Waals surface area contributed by atoms with E-state index in [1.807, 2.05) is 0 Å². The molecule has 0 saturated carbocycles. The van der Waals surface area contributed by atoms with Gasteiger partial charge >= 0.3 is 5.97 Å². The number of aromatic hydroxyl groups is 2. The molecule has 6 nitrogen and oxygen atoms in total. The monoisotopic (exact) mass is 304 g/mol. The summed E-state index contributed by atoms with van der Waals surface area (Å²) >= 11 is 0. The lowest BCUT2D eigenvalue weighted by Gasteiger charge is -2.15. The van der Waals surface area contributed by atoms with Gasteiger partial charge in [-0.2, -0.15) is 0 Å². The van der Waals surface area contributed by atoms with Crippen molar-refractivity contribution in [2.45, 2.75) is 19.8 Å². The Morgan fingerprint density at radius 3 is 2.50 bits per heavy atom. The Bertz CT molecular complexity index is 700. The highest BCUT2D eigenvalue weighted by Crippen LogP contribution is 2.35. The van der Waals surface area contributed by atoms with E-state index in [9.17, 15) is 19.8 Å². The number of hydrogen-bond acceptors (Lipinski definition) is 6. The molecule has 0 aliphatic carbocycles. The third-order valence-electron chi connectivity index (χ3n) is 3.42. The average Bonchev–Trinajstić information content (AvgIpc) is 3.01. The average molecular weight is 304 g/mol. The Hall–Kier alpha value is -2.76. The van der Waals surface area contributed by atoms with Crippen LogP contribution in [0.25, 0.3) is 0 Å². The maximum Gasteiger partial charge on any atom is 0.310 e. The molecule has 0 aliphatic heterocycles. The van der Waals surface area contributed by atoms with Gasteiger partial charge in [-0.15, -0.1) is 0 Å². The minimum atomic E-state index is -0.569. The van der Waals surface area contributed by atoms with Crippen molar-refractivity contribution in [3.05, 3.63) is 46.9 Å². The predicted octanol–water partition coefficient (Wildman–Crippen LogP) is 2.20. The van der Waals surface area contributed by atoms with E-state index in [0.29, 0.717) is 12.0 Å². The summed E-state index contributed by atoms with van der Waals surface area (Å²) in [5.41, 5.74) is 0.906. The van der Waals surface area contributed by atoms with E-state index < -0.39 is 11.8 Å². The summed E-state index contributed by atoms with van der Waals surface area (Å²) in [6.07, 6.45) is 2.76. The SMILES string of the molecule is CCc1c(O)cc(O)c(C(=O)c2ccoc2)c1CC(=O)OC. The van der Waals surface area contributed by atoms with E-state index in [1.165, 1.54) is 25.7 Å². The van der Waals surface area contributed by atoms with Crippen LogP contribution in [0.15, 0.2) is 29.1 Å². The molecule has 116 valence electrons. The van der Waals surface area contributed by atoms with Gasteiger partial charge in [-0.25, -0.2) is 0 Å². The van der Waals surface area contributed by atoms with Gasteiger partial charge in [0.15, 0.2) is 5.78 Å². The number of rotatable bonds is 5. The second kappa shape index (κ2) is 6.34. The van der Waals surface area contributed by atoms with Gasteiger partial charge in [-0.1, -0.05) is 6.92 Å². The number of carbonyl (C=O) groups is 2. The van der Waals surface area contributed by atoms with Crippen LogP contribution in [0.2, 0.25) is 0 Å². The zero-order valence-electron chi connectivity index (χ0n) is 12.3. The van der Waals surface area contributed by atoms with E-state index in [2.05, 4.69) is 4.74 Å². The molecule has 0 bridgehead atoms. The molecule has 6 heteroatoms. The summed E-state index contributed by atoms with van der Waals surface area (Å²) < 4.78 is 9.50. The molecule has 1 aromatic heterocycles. The van der Waals surface area contributed by atoms with E-state index in [4.69, 9.17) is 4.42 Å². The molecule has 0 atom stereocenters. The first-order valence-corrected chi connectivity index (χ1v) is 6.70. The van der Waals surface area contributed by atoms with Crippen LogP contribution in [0.4, 0.5) is 0 Å². The first-order valence-electron chi connectivity index (χ1n) is 6.70. The molecule has 2 N–H and O–H groups in total. The molecule has 0 amide bonds. The fourth-order valence-electron chi connectivity index (χ4n) is 2.35. The van der Waals surface area contributed by atoms with Crippen molar-refractivity contribution in [2.24, 2.45) is 0 Å². The normalized spacial score (nSPS) is 10.5. The van der Waals surface area contributed by atoms with Gasteiger partial charge in [0.2, 0.25) is 0 Å². The Morgan fingerprint density at radius 2 is 1.95 bits per heavy atom. The molecule has 2 aromatic rings. The van der Waals surface area contributed by atoms with Gasteiger partial charge < -0.3 is 19.4 Å². The lowest BCUT2D eigenvalue weighted by atomic mass is 9.91. The van der Waals surface area contributed by atoms with Gasteiger partial charge in [-0.3, -0.25) is 9.59 Å². The molecular weight excluding hydrogens is 288 g/mol. The van der Waals surface area contributed by atoms with E-state index in [-0.39, 0.29) is 34.6 Å². The van der Waals surface area contributed by atoms with Crippen LogP contribution in [-0.2, 0) is 22.4 Å². The van der Waals surface area contributed by atoms with E-state index in [0.717, 1.165) is 6.07 Å². The van der Waals surface area contributed by atoms with E-state index in [1.54, 1.807) is 6.92 Å². The minimum absolute atomic E-state index is 0.0264. The van der Waals surface area contributed by atoms with Crippen LogP contribution in [0.1, 0.15) is 34.0 Å². The first kappa shape index (κ1) is 15.6. The van der Waals surface area contributed by atoms with Crippen molar-refractivity contribution >= 4 is 11.8 Å². The Morgan fingerprint density at radius 1 is 1.23 bits per heavy atom. The Labute approximate surface area is 126 Å². The smallest absolute Gasteiger partial charge is 0.310 e. The van der Waals surface area contributed by atoms with Crippen LogP contribution < -0.4 is 0 Å². The molecule has 0 radical (unpaired) electrons.